The molecular formula is C8H2BrF8NO. The fourth-order valence-electron chi connectivity index (χ4n) is 1.03. The Morgan fingerprint density at radius 3 is 2.00 bits per heavy atom. The minimum Gasteiger partial charge on any atom is -0.402 e. The molecule has 0 bridgehead atoms. The van der Waals surface area contributed by atoms with Gasteiger partial charge in [0.2, 0.25) is 0 Å². The third-order valence-electron chi connectivity index (χ3n) is 1.67. The Bertz CT molecular complexity index is 469. The summed E-state index contributed by atoms with van der Waals surface area (Å²) in [6.07, 6.45) is -14.1. The van der Waals surface area contributed by atoms with Crippen LogP contribution < -0.4 is 4.74 Å². The maximum atomic E-state index is 12.5. The Hall–Kier alpha value is -1.13. The SMILES string of the molecule is FC(F)c1nc(C(F)(F)F)cc(Br)c1OC(F)(F)F. The molecule has 0 spiro atoms. The van der Waals surface area contributed by atoms with E-state index in [1.165, 1.54) is 0 Å². The molecule has 0 unspecified atom stereocenters. The van der Waals surface area contributed by atoms with Crippen LogP contribution in [-0.2, 0) is 6.18 Å². The summed E-state index contributed by atoms with van der Waals surface area (Å²) in [6, 6.07) is 0.118. The predicted octanol–water partition coefficient (Wildman–Crippen LogP) is 4.70. The number of halogens is 9. The van der Waals surface area contributed by atoms with Gasteiger partial charge < -0.3 is 4.74 Å². The van der Waals surface area contributed by atoms with Crippen LogP contribution in [0.5, 0.6) is 5.75 Å². The second-order valence-corrected chi connectivity index (χ2v) is 3.90. The fourth-order valence-corrected chi connectivity index (χ4v) is 1.53. The van der Waals surface area contributed by atoms with E-state index in [2.05, 4.69) is 25.7 Å². The van der Waals surface area contributed by atoms with Gasteiger partial charge in [0.15, 0.2) is 11.4 Å². The molecule has 0 aromatic carbocycles. The molecule has 0 fully saturated rings. The van der Waals surface area contributed by atoms with E-state index >= 15 is 0 Å². The lowest BCUT2D eigenvalue weighted by Crippen LogP contribution is -2.20. The van der Waals surface area contributed by atoms with Gasteiger partial charge in [0.1, 0.15) is 5.69 Å². The van der Waals surface area contributed by atoms with Gasteiger partial charge in [-0.1, -0.05) is 0 Å². The molecule has 0 atom stereocenters. The summed E-state index contributed by atoms with van der Waals surface area (Å²) in [4.78, 5) is 2.46. The lowest BCUT2D eigenvalue weighted by molar-refractivity contribution is -0.275. The second kappa shape index (κ2) is 5.10. The van der Waals surface area contributed by atoms with E-state index in [9.17, 15) is 35.1 Å². The van der Waals surface area contributed by atoms with Crippen LogP contribution in [0.15, 0.2) is 10.5 Å². The smallest absolute Gasteiger partial charge is 0.402 e. The summed E-state index contributed by atoms with van der Waals surface area (Å²) < 4.78 is 100.0. The number of alkyl halides is 8. The van der Waals surface area contributed by atoms with Crippen molar-refractivity contribution in [3.63, 3.8) is 0 Å². The van der Waals surface area contributed by atoms with E-state index in [1.54, 1.807) is 0 Å². The van der Waals surface area contributed by atoms with E-state index in [-0.39, 0.29) is 6.07 Å². The highest BCUT2D eigenvalue weighted by atomic mass is 79.9. The van der Waals surface area contributed by atoms with Crippen molar-refractivity contribution in [3.05, 3.63) is 21.9 Å². The fraction of sp³-hybridized carbons (Fsp3) is 0.375. The standard InChI is InChI=1S/C8H2BrF8NO/c9-2-1-3(7(12,13)14)18-4(6(10)11)5(2)19-8(15,16)17/h1,6H. The van der Waals surface area contributed by atoms with Crippen molar-refractivity contribution in [1.82, 2.24) is 4.98 Å². The van der Waals surface area contributed by atoms with Gasteiger partial charge in [-0.15, -0.1) is 13.2 Å². The molecule has 0 amide bonds. The Morgan fingerprint density at radius 2 is 1.63 bits per heavy atom. The first-order valence-electron chi connectivity index (χ1n) is 4.23. The topological polar surface area (TPSA) is 22.1 Å². The Balaban J connectivity index is 3.40. The van der Waals surface area contributed by atoms with E-state index in [1.807, 2.05) is 0 Å². The lowest BCUT2D eigenvalue weighted by Gasteiger charge is -2.16. The molecule has 1 heterocycles. The van der Waals surface area contributed by atoms with Crippen LogP contribution in [0.4, 0.5) is 35.1 Å². The molecule has 2 nitrogen and oxygen atoms in total. The van der Waals surface area contributed by atoms with Crippen molar-refractivity contribution in [1.29, 1.82) is 0 Å². The number of aromatic nitrogens is 1. The molecule has 11 heteroatoms. The monoisotopic (exact) mass is 359 g/mol. The van der Waals surface area contributed by atoms with Gasteiger partial charge in [-0.3, -0.25) is 0 Å². The summed E-state index contributed by atoms with van der Waals surface area (Å²) in [5.41, 5.74) is -3.51. The number of nitrogens with zero attached hydrogens (tertiary/aromatic N) is 1. The normalized spacial score (nSPS) is 12.9. The first kappa shape index (κ1) is 15.9. The van der Waals surface area contributed by atoms with Gasteiger partial charge in [-0.05, 0) is 22.0 Å². The van der Waals surface area contributed by atoms with Crippen molar-refractivity contribution >= 4 is 15.9 Å². The van der Waals surface area contributed by atoms with Crippen LogP contribution >= 0.6 is 15.9 Å². The van der Waals surface area contributed by atoms with Crippen LogP contribution in [0.1, 0.15) is 17.8 Å². The summed E-state index contributed by atoms with van der Waals surface area (Å²) in [5, 5.41) is 0. The van der Waals surface area contributed by atoms with Gasteiger partial charge >= 0.3 is 12.5 Å². The number of pyridine rings is 1. The van der Waals surface area contributed by atoms with Crippen LogP contribution in [0.25, 0.3) is 0 Å². The van der Waals surface area contributed by atoms with E-state index in [0.29, 0.717) is 0 Å². The maximum Gasteiger partial charge on any atom is 0.573 e. The first-order chi connectivity index (χ1) is 8.42. The van der Waals surface area contributed by atoms with Crippen LogP contribution in [0.3, 0.4) is 0 Å². The van der Waals surface area contributed by atoms with E-state index in [0.717, 1.165) is 0 Å². The molecular weight excluding hydrogens is 358 g/mol. The van der Waals surface area contributed by atoms with Crippen molar-refractivity contribution in [2.45, 2.75) is 19.0 Å². The zero-order valence-electron chi connectivity index (χ0n) is 8.41. The van der Waals surface area contributed by atoms with Crippen LogP contribution in [-0.4, -0.2) is 11.3 Å². The molecule has 0 N–H and O–H groups in total. The second-order valence-electron chi connectivity index (χ2n) is 3.05. The Morgan fingerprint density at radius 1 is 1.11 bits per heavy atom. The van der Waals surface area contributed by atoms with Gasteiger partial charge in [0.05, 0.1) is 4.47 Å². The van der Waals surface area contributed by atoms with E-state index in [4.69, 9.17) is 0 Å². The molecule has 1 aromatic heterocycles. The van der Waals surface area contributed by atoms with Gasteiger partial charge in [-0.25, -0.2) is 13.8 Å². The molecule has 19 heavy (non-hydrogen) atoms. The molecule has 0 aliphatic heterocycles. The van der Waals surface area contributed by atoms with Crippen molar-refractivity contribution in [3.8, 4) is 5.75 Å². The molecule has 0 radical (unpaired) electrons. The Labute approximate surface area is 108 Å². The van der Waals surface area contributed by atoms with Gasteiger partial charge in [0, 0.05) is 0 Å². The van der Waals surface area contributed by atoms with Crippen LogP contribution in [0, 0.1) is 0 Å². The minimum atomic E-state index is -5.34. The molecule has 108 valence electrons. The largest absolute Gasteiger partial charge is 0.573 e. The highest BCUT2D eigenvalue weighted by Crippen LogP contribution is 2.40. The predicted molar refractivity (Wildman–Crippen MR) is 48.6 cm³/mol. The number of rotatable bonds is 2. The summed E-state index contributed by atoms with van der Waals surface area (Å²) in [6.45, 7) is 0. The number of ether oxygens (including phenoxy) is 1. The number of hydrogen-bond donors (Lipinski definition) is 0. The average molecular weight is 360 g/mol. The van der Waals surface area contributed by atoms with Gasteiger partial charge in [0.25, 0.3) is 6.43 Å². The Kier molecular flexibility index (Phi) is 4.27. The summed E-state index contributed by atoms with van der Waals surface area (Å²) in [7, 11) is 0. The average Bonchev–Trinajstić information content (AvgIpc) is 2.16. The highest BCUT2D eigenvalue weighted by Gasteiger charge is 2.39. The molecule has 1 rings (SSSR count). The maximum absolute atomic E-state index is 12.5. The summed E-state index contributed by atoms with van der Waals surface area (Å²) >= 11 is 2.31. The molecule has 1 aromatic rings. The molecule has 0 saturated heterocycles. The third kappa shape index (κ3) is 4.18. The van der Waals surface area contributed by atoms with Gasteiger partial charge in [-0.2, -0.15) is 13.2 Å². The van der Waals surface area contributed by atoms with Crippen LogP contribution in [0.2, 0.25) is 0 Å². The van der Waals surface area contributed by atoms with Crippen molar-refractivity contribution in [2.75, 3.05) is 0 Å². The quantitative estimate of drug-likeness (QED) is 0.714. The minimum absolute atomic E-state index is 0.118. The zero-order valence-corrected chi connectivity index (χ0v) is 10.00. The van der Waals surface area contributed by atoms with Crippen molar-refractivity contribution < 1.29 is 39.9 Å². The van der Waals surface area contributed by atoms with Crippen molar-refractivity contribution in [2.24, 2.45) is 0 Å². The third-order valence-corrected chi connectivity index (χ3v) is 2.26. The summed E-state index contributed by atoms with van der Waals surface area (Å²) in [5.74, 6) is -1.50. The lowest BCUT2D eigenvalue weighted by atomic mass is 10.2. The highest BCUT2D eigenvalue weighted by molar-refractivity contribution is 9.10. The zero-order chi connectivity index (χ0) is 15.0. The molecule has 0 aliphatic carbocycles. The molecule has 0 saturated carbocycles. The first-order valence-corrected chi connectivity index (χ1v) is 5.02. The number of hydrogen-bond acceptors (Lipinski definition) is 2. The molecule has 0 aliphatic rings. The van der Waals surface area contributed by atoms with E-state index < -0.39 is 40.6 Å².